The summed E-state index contributed by atoms with van der Waals surface area (Å²) in [7, 11) is 0. The molecule has 30 heavy (non-hydrogen) atoms. The average Bonchev–Trinajstić information content (AvgIpc) is 2.74. The van der Waals surface area contributed by atoms with Gasteiger partial charge >= 0.3 is 0 Å². The van der Waals surface area contributed by atoms with Crippen LogP contribution in [0.25, 0.3) is 0 Å². The van der Waals surface area contributed by atoms with Crippen LogP contribution in [0.2, 0.25) is 10.0 Å². The molecule has 1 heterocycles. The van der Waals surface area contributed by atoms with Crippen LogP contribution >= 0.6 is 23.2 Å². The van der Waals surface area contributed by atoms with Gasteiger partial charge in [-0.2, -0.15) is 5.26 Å². The average molecular weight is 439 g/mol. The molecule has 4 rings (SSSR count). The number of nitriles is 1. The standard InChI is InChI=1S/C24H20Cl2N2O2/c1-14-18(12-27)23(24-21(28-14)3-2-4-22(24)29)16-6-8-17(9-7-16)30-13-15-5-10-19(25)20(26)11-15/h5-11,23,28H,2-4,13H2,1H3/t23-/m1/s1. The summed E-state index contributed by atoms with van der Waals surface area (Å²) in [6, 6.07) is 15.3. The number of ether oxygens (including phenoxy) is 1. The smallest absolute Gasteiger partial charge is 0.161 e. The molecule has 0 amide bonds. The summed E-state index contributed by atoms with van der Waals surface area (Å²) in [6.45, 7) is 2.25. The van der Waals surface area contributed by atoms with Gasteiger partial charge in [0.25, 0.3) is 0 Å². The van der Waals surface area contributed by atoms with Gasteiger partial charge in [0.2, 0.25) is 0 Å². The fourth-order valence-corrected chi connectivity index (χ4v) is 4.34. The van der Waals surface area contributed by atoms with Crippen molar-refractivity contribution in [3.05, 3.63) is 86.2 Å². The van der Waals surface area contributed by atoms with Crippen LogP contribution < -0.4 is 10.1 Å². The van der Waals surface area contributed by atoms with Gasteiger partial charge in [-0.3, -0.25) is 4.79 Å². The maximum Gasteiger partial charge on any atom is 0.161 e. The fraction of sp³-hybridized carbons (Fsp3) is 0.250. The van der Waals surface area contributed by atoms with Gasteiger partial charge in [0.15, 0.2) is 5.78 Å². The molecule has 1 aliphatic carbocycles. The maximum atomic E-state index is 12.7. The molecular formula is C24H20Cl2N2O2. The molecule has 0 unspecified atom stereocenters. The molecule has 0 saturated carbocycles. The van der Waals surface area contributed by atoms with E-state index >= 15 is 0 Å². The van der Waals surface area contributed by atoms with Crippen LogP contribution in [0.5, 0.6) is 5.75 Å². The number of allylic oxidation sites excluding steroid dienone is 4. The lowest BCUT2D eigenvalue weighted by atomic mass is 9.76. The Morgan fingerprint density at radius 1 is 1.13 bits per heavy atom. The van der Waals surface area contributed by atoms with Crippen molar-refractivity contribution in [2.75, 3.05) is 0 Å². The minimum Gasteiger partial charge on any atom is -0.489 e. The Morgan fingerprint density at radius 3 is 2.60 bits per heavy atom. The first-order chi connectivity index (χ1) is 14.5. The van der Waals surface area contributed by atoms with Crippen molar-refractivity contribution in [2.45, 2.75) is 38.7 Å². The second-order valence-corrected chi connectivity index (χ2v) is 8.30. The molecule has 2 aromatic rings. The molecule has 0 fully saturated rings. The number of Topliss-reactive ketones (excluding diaryl/α,β-unsaturated/α-hetero) is 1. The summed E-state index contributed by atoms with van der Waals surface area (Å²) in [5, 5.41) is 14.0. The van der Waals surface area contributed by atoms with Gasteiger partial charge in [0, 0.05) is 23.4 Å². The van der Waals surface area contributed by atoms with Crippen molar-refractivity contribution >= 4 is 29.0 Å². The molecule has 2 aromatic carbocycles. The number of hydrogen-bond acceptors (Lipinski definition) is 4. The molecule has 6 heteroatoms. The van der Waals surface area contributed by atoms with Crippen molar-refractivity contribution in [1.29, 1.82) is 5.26 Å². The number of hydrogen-bond donors (Lipinski definition) is 1. The third-order valence-electron chi connectivity index (χ3n) is 5.50. The van der Waals surface area contributed by atoms with E-state index in [1.165, 1.54) is 0 Å². The van der Waals surface area contributed by atoms with Crippen molar-refractivity contribution in [2.24, 2.45) is 0 Å². The van der Waals surface area contributed by atoms with E-state index in [0.29, 0.717) is 34.4 Å². The summed E-state index contributed by atoms with van der Waals surface area (Å²) in [6.07, 6.45) is 2.20. The predicted molar refractivity (Wildman–Crippen MR) is 117 cm³/mol. The lowest BCUT2D eigenvalue weighted by molar-refractivity contribution is -0.116. The molecule has 1 aliphatic heterocycles. The molecule has 0 bridgehead atoms. The fourth-order valence-electron chi connectivity index (χ4n) is 4.02. The number of halogens is 2. The SMILES string of the molecule is CC1=C(C#N)[C@@H](c2ccc(OCc3ccc(Cl)c(Cl)c3)cc2)C2=C(CCCC2=O)N1. The van der Waals surface area contributed by atoms with Gasteiger partial charge in [-0.05, 0) is 55.2 Å². The molecule has 2 aliphatic rings. The van der Waals surface area contributed by atoms with Crippen LogP contribution in [0.15, 0.2) is 65.0 Å². The first kappa shape index (κ1) is 20.5. The highest BCUT2D eigenvalue weighted by Crippen LogP contribution is 2.42. The first-order valence-corrected chi connectivity index (χ1v) is 10.5. The number of nitrogens with one attached hydrogen (secondary N) is 1. The Morgan fingerprint density at radius 2 is 1.90 bits per heavy atom. The second kappa shape index (κ2) is 8.55. The normalized spacial score (nSPS) is 18.6. The van der Waals surface area contributed by atoms with Crippen molar-refractivity contribution in [1.82, 2.24) is 5.32 Å². The largest absolute Gasteiger partial charge is 0.489 e. The molecule has 1 atom stereocenters. The topological polar surface area (TPSA) is 62.1 Å². The Balaban J connectivity index is 1.58. The molecule has 4 nitrogen and oxygen atoms in total. The van der Waals surface area contributed by atoms with E-state index in [4.69, 9.17) is 27.9 Å². The Bertz CT molecular complexity index is 1110. The van der Waals surface area contributed by atoms with E-state index in [9.17, 15) is 10.1 Å². The van der Waals surface area contributed by atoms with E-state index in [2.05, 4.69) is 11.4 Å². The van der Waals surface area contributed by atoms with Gasteiger partial charge in [-0.15, -0.1) is 0 Å². The monoisotopic (exact) mass is 438 g/mol. The lowest BCUT2D eigenvalue weighted by Gasteiger charge is -2.32. The third kappa shape index (κ3) is 3.96. The lowest BCUT2D eigenvalue weighted by Crippen LogP contribution is -2.31. The third-order valence-corrected chi connectivity index (χ3v) is 6.24. The minimum atomic E-state index is -0.330. The number of carbonyl (C=O) groups is 1. The van der Waals surface area contributed by atoms with Gasteiger partial charge in [-0.25, -0.2) is 0 Å². The van der Waals surface area contributed by atoms with Gasteiger partial charge < -0.3 is 10.1 Å². The maximum absolute atomic E-state index is 12.7. The van der Waals surface area contributed by atoms with E-state index in [1.807, 2.05) is 37.3 Å². The van der Waals surface area contributed by atoms with Crippen LogP contribution in [0.3, 0.4) is 0 Å². The number of dihydropyridines is 1. The summed E-state index contributed by atoms with van der Waals surface area (Å²) < 4.78 is 5.86. The highest BCUT2D eigenvalue weighted by atomic mass is 35.5. The minimum absolute atomic E-state index is 0.119. The molecule has 0 spiro atoms. The zero-order valence-corrected chi connectivity index (χ0v) is 18.0. The first-order valence-electron chi connectivity index (χ1n) is 9.78. The summed E-state index contributed by atoms with van der Waals surface area (Å²) in [5.74, 6) is 0.485. The number of nitrogens with zero attached hydrogens (tertiary/aromatic N) is 1. The van der Waals surface area contributed by atoms with E-state index < -0.39 is 0 Å². The summed E-state index contributed by atoms with van der Waals surface area (Å²) >= 11 is 12.0. The molecule has 0 aromatic heterocycles. The number of benzene rings is 2. The second-order valence-electron chi connectivity index (χ2n) is 7.48. The molecule has 0 radical (unpaired) electrons. The predicted octanol–water partition coefficient (Wildman–Crippen LogP) is 6.06. The number of carbonyl (C=O) groups excluding carboxylic acids is 1. The number of rotatable bonds is 4. The highest BCUT2D eigenvalue weighted by molar-refractivity contribution is 6.42. The van der Waals surface area contributed by atoms with Crippen LogP contribution in [-0.4, -0.2) is 5.78 Å². The van der Waals surface area contributed by atoms with Gasteiger partial charge in [-0.1, -0.05) is 41.4 Å². The van der Waals surface area contributed by atoms with Gasteiger partial charge in [0.1, 0.15) is 12.4 Å². The molecule has 1 N–H and O–H groups in total. The number of ketones is 1. The zero-order valence-electron chi connectivity index (χ0n) is 16.5. The van der Waals surface area contributed by atoms with Crippen molar-refractivity contribution < 1.29 is 9.53 Å². The van der Waals surface area contributed by atoms with Crippen LogP contribution in [0.1, 0.15) is 43.2 Å². The van der Waals surface area contributed by atoms with Crippen molar-refractivity contribution in [3.8, 4) is 11.8 Å². The Labute approximate surface area is 185 Å². The Kier molecular flexibility index (Phi) is 5.85. The summed E-state index contributed by atoms with van der Waals surface area (Å²) in [5.41, 5.74) is 4.92. The van der Waals surface area contributed by atoms with E-state index in [-0.39, 0.29) is 11.7 Å². The van der Waals surface area contributed by atoms with Crippen LogP contribution in [-0.2, 0) is 11.4 Å². The zero-order chi connectivity index (χ0) is 21.3. The van der Waals surface area contributed by atoms with Crippen LogP contribution in [0.4, 0.5) is 0 Å². The molecule has 152 valence electrons. The Hall–Kier alpha value is -2.74. The van der Waals surface area contributed by atoms with E-state index in [0.717, 1.165) is 40.9 Å². The van der Waals surface area contributed by atoms with E-state index in [1.54, 1.807) is 12.1 Å². The highest BCUT2D eigenvalue weighted by Gasteiger charge is 2.35. The molecule has 0 saturated heterocycles. The van der Waals surface area contributed by atoms with Crippen molar-refractivity contribution in [3.63, 3.8) is 0 Å². The quantitative estimate of drug-likeness (QED) is 0.629. The summed E-state index contributed by atoms with van der Waals surface area (Å²) in [4.78, 5) is 12.7. The molecular weight excluding hydrogens is 419 g/mol. The van der Waals surface area contributed by atoms with Gasteiger partial charge in [0.05, 0.1) is 27.6 Å². The van der Waals surface area contributed by atoms with Crippen LogP contribution in [0, 0.1) is 11.3 Å².